The van der Waals surface area contributed by atoms with Gasteiger partial charge in [-0.05, 0) is 18.9 Å². The molecular formula is C12H15N3O. The standard InChI is InChI=1S/C12H15N3O/c1-3-9(4-2)12-15-8-10(16-12)11-13-6-5-7-14-11/h5-9H,3-4H2,1-2H3. The molecule has 0 atom stereocenters. The average molecular weight is 217 g/mol. The maximum absolute atomic E-state index is 5.68. The van der Waals surface area contributed by atoms with Crippen molar-refractivity contribution in [3.8, 4) is 11.6 Å². The third kappa shape index (κ3) is 2.10. The first-order chi connectivity index (χ1) is 7.85. The van der Waals surface area contributed by atoms with Gasteiger partial charge >= 0.3 is 0 Å². The van der Waals surface area contributed by atoms with E-state index < -0.39 is 0 Å². The summed E-state index contributed by atoms with van der Waals surface area (Å²) in [6.07, 6.45) is 7.16. The van der Waals surface area contributed by atoms with Crippen molar-refractivity contribution in [2.75, 3.05) is 0 Å². The molecule has 0 aromatic carbocycles. The highest BCUT2D eigenvalue weighted by atomic mass is 16.4. The average Bonchev–Trinajstić information content (AvgIpc) is 2.81. The van der Waals surface area contributed by atoms with Gasteiger partial charge in [-0.25, -0.2) is 15.0 Å². The fraction of sp³-hybridized carbons (Fsp3) is 0.417. The lowest BCUT2D eigenvalue weighted by atomic mass is 10.0. The molecule has 0 N–H and O–H groups in total. The van der Waals surface area contributed by atoms with Crippen LogP contribution in [0.15, 0.2) is 29.1 Å². The van der Waals surface area contributed by atoms with Crippen molar-refractivity contribution in [1.29, 1.82) is 0 Å². The van der Waals surface area contributed by atoms with E-state index in [4.69, 9.17) is 4.42 Å². The number of rotatable bonds is 4. The summed E-state index contributed by atoms with van der Waals surface area (Å²) in [5.74, 6) is 2.40. The molecule has 0 aliphatic heterocycles. The van der Waals surface area contributed by atoms with Crippen LogP contribution in [0, 0.1) is 0 Å². The Balaban J connectivity index is 2.26. The third-order valence-electron chi connectivity index (χ3n) is 2.64. The predicted octanol–water partition coefficient (Wildman–Crippen LogP) is 3.04. The van der Waals surface area contributed by atoms with Gasteiger partial charge in [-0.3, -0.25) is 0 Å². The maximum Gasteiger partial charge on any atom is 0.198 e. The molecule has 0 spiro atoms. The molecule has 4 heteroatoms. The molecule has 0 aliphatic carbocycles. The number of hydrogen-bond donors (Lipinski definition) is 0. The quantitative estimate of drug-likeness (QED) is 0.789. The van der Waals surface area contributed by atoms with Crippen molar-refractivity contribution in [1.82, 2.24) is 15.0 Å². The molecule has 0 aliphatic rings. The van der Waals surface area contributed by atoms with Gasteiger partial charge in [-0.1, -0.05) is 13.8 Å². The lowest BCUT2D eigenvalue weighted by molar-refractivity contribution is 0.437. The summed E-state index contributed by atoms with van der Waals surface area (Å²) >= 11 is 0. The topological polar surface area (TPSA) is 51.8 Å². The highest BCUT2D eigenvalue weighted by Crippen LogP contribution is 2.25. The Bertz CT molecular complexity index is 435. The summed E-state index contributed by atoms with van der Waals surface area (Å²) in [6.45, 7) is 4.27. The van der Waals surface area contributed by atoms with Crippen LogP contribution in [0.2, 0.25) is 0 Å². The van der Waals surface area contributed by atoms with Gasteiger partial charge in [0.25, 0.3) is 0 Å². The Labute approximate surface area is 94.8 Å². The molecule has 16 heavy (non-hydrogen) atoms. The van der Waals surface area contributed by atoms with Gasteiger partial charge in [0.05, 0.1) is 6.20 Å². The Hall–Kier alpha value is -1.71. The Morgan fingerprint density at radius 1 is 1.12 bits per heavy atom. The van der Waals surface area contributed by atoms with Crippen molar-refractivity contribution in [2.45, 2.75) is 32.6 Å². The number of oxazole rings is 1. The van der Waals surface area contributed by atoms with E-state index in [-0.39, 0.29) is 0 Å². The Morgan fingerprint density at radius 3 is 2.44 bits per heavy atom. The van der Waals surface area contributed by atoms with Gasteiger partial charge in [0.2, 0.25) is 0 Å². The summed E-state index contributed by atoms with van der Waals surface area (Å²) < 4.78 is 5.68. The summed E-state index contributed by atoms with van der Waals surface area (Å²) in [4.78, 5) is 12.5. The van der Waals surface area contributed by atoms with Crippen LogP contribution in [0.4, 0.5) is 0 Å². The molecule has 84 valence electrons. The van der Waals surface area contributed by atoms with Gasteiger partial charge in [0.15, 0.2) is 17.5 Å². The van der Waals surface area contributed by atoms with Crippen LogP contribution in [0.1, 0.15) is 38.5 Å². The minimum atomic E-state index is 0.387. The number of nitrogens with zero attached hydrogens (tertiary/aromatic N) is 3. The fourth-order valence-corrected chi connectivity index (χ4v) is 1.64. The highest BCUT2D eigenvalue weighted by Gasteiger charge is 2.15. The maximum atomic E-state index is 5.68. The van der Waals surface area contributed by atoms with Crippen LogP contribution in [-0.4, -0.2) is 15.0 Å². The van der Waals surface area contributed by atoms with Gasteiger partial charge in [0.1, 0.15) is 0 Å². The van der Waals surface area contributed by atoms with Crippen molar-refractivity contribution in [3.05, 3.63) is 30.5 Å². The van der Waals surface area contributed by atoms with Crippen LogP contribution in [0.25, 0.3) is 11.6 Å². The van der Waals surface area contributed by atoms with E-state index in [0.29, 0.717) is 17.5 Å². The van der Waals surface area contributed by atoms with E-state index in [0.717, 1.165) is 18.7 Å². The summed E-state index contributed by atoms with van der Waals surface area (Å²) in [5.41, 5.74) is 0. The molecule has 0 unspecified atom stereocenters. The summed E-state index contributed by atoms with van der Waals surface area (Å²) in [7, 11) is 0. The van der Waals surface area contributed by atoms with E-state index in [9.17, 15) is 0 Å². The molecule has 2 heterocycles. The molecule has 0 amide bonds. The lowest BCUT2D eigenvalue weighted by Crippen LogP contribution is -1.94. The first-order valence-corrected chi connectivity index (χ1v) is 5.58. The van der Waals surface area contributed by atoms with Gasteiger partial charge in [0, 0.05) is 18.3 Å². The van der Waals surface area contributed by atoms with Crippen LogP contribution in [0.3, 0.4) is 0 Å². The molecule has 4 nitrogen and oxygen atoms in total. The normalized spacial score (nSPS) is 10.9. The lowest BCUT2D eigenvalue weighted by Gasteiger charge is -2.05. The van der Waals surface area contributed by atoms with Gasteiger partial charge in [-0.2, -0.15) is 0 Å². The molecule has 0 radical (unpaired) electrons. The van der Waals surface area contributed by atoms with E-state index in [1.54, 1.807) is 24.7 Å². The first-order valence-electron chi connectivity index (χ1n) is 5.58. The van der Waals surface area contributed by atoms with Crippen molar-refractivity contribution in [2.24, 2.45) is 0 Å². The second-order valence-electron chi connectivity index (χ2n) is 3.65. The van der Waals surface area contributed by atoms with Crippen molar-refractivity contribution < 1.29 is 4.42 Å². The second kappa shape index (κ2) is 4.88. The minimum Gasteiger partial charge on any atom is -0.437 e. The molecule has 0 fully saturated rings. The van der Waals surface area contributed by atoms with Crippen LogP contribution < -0.4 is 0 Å². The summed E-state index contributed by atoms with van der Waals surface area (Å²) in [5, 5.41) is 0. The predicted molar refractivity (Wildman–Crippen MR) is 60.9 cm³/mol. The third-order valence-corrected chi connectivity index (χ3v) is 2.64. The Kier molecular flexibility index (Phi) is 3.29. The van der Waals surface area contributed by atoms with Crippen LogP contribution >= 0.6 is 0 Å². The molecule has 0 bridgehead atoms. The van der Waals surface area contributed by atoms with Gasteiger partial charge in [-0.15, -0.1) is 0 Å². The molecule has 2 rings (SSSR count). The minimum absolute atomic E-state index is 0.387. The monoisotopic (exact) mass is 217 g/mol. The zero-order valence-corrected chi connectivity index (χ0v) is 9.55. The van der Waals surface area contributed by atoms with E-state index in [2.05, 4.69) is 28.8 Å². The molecule has 2 aromatic heterocycles. The fourth-order valence-electron chi connectivity index (χ4n) is 1.64. The van der Waals surface area contributed by atoms with Gasteiger partial charge < -0.3 is 4.42 Å². The number of aromatic nitrogens is 3. The zero-order chi connectivity index (χ0) is 11.4. The largest absolute Gasteiger partial charge is 0.437 e. The highest BCUT2D eigenvalue weighted by molar-refractivity contribution is 5.43. The first kappa shape index (κ1) is 10.8. The van der Waals surface area contributed by atoms with Crippen LogP contribution in [0.5, 0.6) is 0 Å². The molecular weight excluding hydrogens is 202 g/mol. The smallest absolute Gasteiger partial charge is 0.198 e. The van der Waals surface area contributed by atoms with E-state index in [1.807, 2.05) is 0 Å². The van der Waals surface area contributed by atoms with Crippen molar-refractivity contribution >= 4 is 0 Å². The van der Waals surface area contributed by atoms with E-state index in [1.165, 1.54) is 0 Å². The van der Waals surface area contributed by atoms with E-state index >= 15 is 0 Å². The molecule has 0 saturated heterocycles. The number of hydrogen-bond acceptors (Lipinski definition) is 4. The van der Waals surface area contributed by atoms with Crippen LogP contribution in [-0.2, 0) is 0 Å². The second-order valence-corrected chi connectivity index (χ2v) is 3.65. The molecule has 2 aromatic rings. The summed E-state index contributed by atoms with van der Waals surface area (Å²) in [6, 6.07) is 1.78. The SMILES string of the molecule is CCC(CC)c1ncc(-c2ncccn2)o1. The molecule has 0 saturated carbocycles. The Morgan fingerprint density at radius 2 is 1.81 bits per heavy atom. The zero-order valence-electron chi connectivity index (χ0n) is 9.55. The van der Waals surface area contributed by atoms with Crippen molar-refractivity contribution in [3.63, 3.8) is 0 Å².